The van der Waals surface area contributed by atoms with Gasteiger partial charge in [-0.25, -0.2) is 4.79 Å². The lowest BCUT2D eigenvalue weighted by atomic mass is 9.86. The highest BCUT2D eigenvalue weighted by atomic mass is 16.6. The van der Waals surface area contributed by atoms with Gasteiger partial charge in [-0.15, -0.1) is 0 Å². The van der Waals surface area contributed by atoms with Crippen LogP contribution in [0.2, 0.25) is 0 Å². The topological polar surface area (TPSA) is 78.8 Å². The molecule has 1 amide bonds. The zero-order valence-electron chi connectivity index (χ0n) is 13.4. The van der Waals surface area contributed by atoms with E-state index in [9.17, 15) is 15.0 Å². The summed E-state index contributed by atoms with van der Waals surface area (Å²) in [5.74, 6) is -0.0218. The number of amides is 1. The van der Waals surface area contributed by atoms with Crippen LogP contribution in [0.5, 0.6) is 5.75 Å². The van der Waals surface area contributed by atoms with Gasteiger partial charge in [0.05, 0.1) is 5.69 Å². The average Bonchev–Trinajstić information content (AvgIpc) is 2.31. The Morgan fingerprint density at radius 2 is 1.86 bits per heavy atom. The van der Waals surface area contributed by atoms with Crippen LogP contribution in [0.25, 0.3) is 0 Å². The number of benzene rings is 1. The normalized spacial score (nSPS) is 12.1. The van der Waals surface area contributed by atoms with Crippen molar-refractivity contribution in [1.82, 2.24) is 0 Å². The van der Waals surface area contributed by atoms with Crippen molar-refractivity contribution in [1.29, 1.82) is 0 Å². The molecule has 0 aliphatic rings. The van der Waals surface area contributed by atoms with Crippen molar-refractivity contribution < 1.29 is 19.7 Å². The monoisotopic (exact) mass is 295 g/mol. The molecule has 0 heterocycles. The minimum atomic E-state index is -0.614. The van der Waals surface area contributed by atoms with Gasteiger partial charge in [0.1, 0.15) is 11.4 Å². The van der Waals surface area contributed by atoms with Gasteiger partial charge in [-0.1, -0.05) is 19.9 Å². The highest BCUT2D eigenvalue weighted by Crippen LogP contribution is 2.28. The van der Waals surface area contributed by atoms with Crippen molar-refractivity contribution in [3.05, 3.63) is 23.8 Å². The molecule has 0 atom stereocenters. The molecule has 0 unspecified atom stereocenters. The largest absolute Gasteiger partial charge is 0.506 e. The van der Waals surface area contributed by atoms with Crippen LogP contribution in [0.4, 0.5) is 10.5 Å². The van der Waals surface area contributed by atoms with E-state index in [0.29, 0.717) is 12.1 Å². The fraction of sp³-hybridized carbons (Fsp3) is 0.562. The standard InChI is InChI=1S/C16H25NO4/c1-15(2,3)21-14(20)17-12-8-11(6-7-13(12)19)9-16(4,5)10-18/h6-8,18-19H,9-10H2,1-5H3,(H,17,20). The Labute approximate surface area is 125 Å². The van der Waals surface area contributed by atoms with Crippen molar-refractivity contribution >= 4 is 11.8 Å². The molecule has 1 aromatic carbocycles. The zero-order chi connectivity index (χ0) is 16.3. The molecular weight excluding hydrogens is 270 g/mol. The van der Waals surface area contributed by atoms with Gasteiger partial charge < -0.3 is 14.9 Å². The first-order valence-corrected chi connectivity index (χ1v) is 6.95. The number of nitrogens with one attached hydrogen (secondary N) is 1. The number of ether oxygens (including phenoxy) is 1. The van der Waals surface area contributed by atoms with Crippen molar-refractivity contribution in [2.45, 2.75) is 46.6 Å². The Bertz CT molecular complexity index is 503. The molecular formula is C16H25NO4. The third kappa shape index (κ3) is 6.04. The second-order valence-corrected chi connectivity index (χ2v) is 6.98. The molecule has 21 heavy (non-hydrogen) atoms. The minimum absolute atomic E-state index is 0.0218. The zero-order valence-corrected chi connectivity index (χ0v) is 13.4. The molecule has 0 saturated heterocycles. The molecule has 0 spiro atoms. The summed E-state index contributed by atoms with van der Waals surface area (Å²) in [5, 5.41) is 21.7. The van der Waals surface area contributed by atoms with Crippen LogP contribution in [0.15, 0.2) is 18.2 Å². The third-order valence-electron chi connectivity index (χ3n) is 2.81. The van der Waals surface area contributed by atoms with Gasteiger partial charge in [-0.3, -0.25) is 5.32 Å². The fourth-order valence-corrected chi connectivity index (χ4v) is 1.82. The molecule has 0 bridgehead atoms. The van der Waals surface area contributed by atoms with E-state index in [0.717, 1.165) is 5.56 Å². The number of anilines is 1. The summed E-state index contributed by atoms with van der Waals surface area (Å²) in [6.45, 7) is 9.26. The highest BCUT2D eigenvalue weighted by Gasteiger charge is 2.20. The van der Waals surface area contributed by atoms with Gasteiger partial charge in [0.15, 0.2) is 0 Å². The quantitative estimate of drug-likeness (QED) is 0.745. The van der Waals surface area contributed by atoms with Crippen LogP contribution >= 0.6 is 0 Å². The van der Waals surface area contributed by atoms with Crippen LogP contribution in [0.3, 0.4) is 0 Å². The number of carbonyl (C=O) groups is 1. The SMILES string of the molecule is CC(C)(CO)Cc1ccc(O)c(NC(=O)OC(C)(C)C)c1. The van der Waals surface area contributed by atoms with Gasteiger partial charge >= 0.3 is 6.09 Å². The van der Waals surface area contributed by atoms with E-state index >= 15 is 0 Å². The smallest absolute Gasteiger partial charge is 0.412 e. The molecule has 5 nitrogen and oxygen atoms in total. The number of phenols is 1. The molecule has 0 fully saturated rings. The van der Waals surface area contributed by atoms with E-state index in [2.05, 4.69) is 5.32 Å². The number of aliphatic hydroxyl groups is 1. The van der Waals surface area contributed by atoms with Crippen LogP contribution in [0.1, 0.15) is 40.2 Å². The molecule has 118 valence electrons. The summed E-state index contributed by atoms with van der Waals surface area (Å²) in [4.78, 5) is 11.7. The van der Waals surface area contributed by atoms with E-state index in [4.69, 9.17) is 4.74 Å². The van der Waals surface area contributed by atoms with Crippen molar-refractivity contribution in [3.63, 3.8) is 0 Å². The van der Waals surface area contributed by atoms with Crippen LogP contribution in [-0.2, 0) is 11.2 Å². The van der Waals surface area contributed by atoms with Crippen molar-refractivity contribution in [2.75, 3.05) is 11.9 Å². The van der Waals surface area contributed by atoms with Crippen LogP contribution in [0, 0.1) is 5.41 Å². The highest BCUT2D eigenvalue weighted by molar-refractivity contribution is 5.87. The number of rotatable bonds is 4. The molecule has 0 aromatic heterocycles. The van der Waals surface area contributed by atoms with Gasteiger partial charge in [-0.2, -0.15) is 0 Å². The fourth-order valence-electron chi connectivity index (χ4n) is 1.82. The summed E-state index contributed by atoms with van der Waals surface area (Å²) in [6.07, 6.45) is 0.0173. The Kier molecular flexibility index (Phi) is 5.23. The first-order chi connectivity index (χ1) is 9.52. The molecule has 5 heteroatoms. The molecule has 0 aliphatic carbocycles. The van der Waals surface area contributed by atoms with E-state index < -0.39 is 11.7 Å². The van der Waals surface area contributed by atoms with E-state index in [-0.39, 0.29) is 17.8 Å². The van der Waals surface area contributed by atoms with Crippen molar-refractivity contribution in [3.8, 4) is 5.75 Å². The maximum atomic E-state index is 11.7. The maximum Gasteiger partial charge on any atom is 0.412 e. The number of aromatic hydroxyl groups is 1. The lowest BCUT2D eigenvalue weighted by molar-refractivity contribution is 0.0635. The first-order valence-electron chi connectivity index (χ1n) is 6.95. The lowest BCUT2D eigenvalue weighted by Crippen LogP contribution is -2.27. The average molecular weight is 295 g/mol. The molecule has 3 N–H and O–H groups in total. The maximum absolute atomic E-state index is 11.7. The Hall–Kier alpha value is -1.75. The molecule has 0 radical (unpaired) electrons. The summed E-state index contributed by atoms with van der Waals surface area (Å²) < 4.78 is 5.16. The predicted octanol–water partition coefficient (Wildman–Crippen LogP) is 3.30. The van der Waals surface area contributed by atoms with Crippen molar-refractivity contribution in [2.24, 2.45) is 5.41 Å². The third-order valence-corrected chi connectivity index (χ3v) is 2.81. The summed E-state index contributed by atoms with van der Waals surface area (Å²) >= 11 is 0. The number of phenolic OH excluding ortho intramolecular Hbond substituents is 1. The van der Waals surface area contributed by atoms with E-state index in [1.54, 1.807) is 32.9 Å². The number of aliphatic hydroxyl groups excluding tert-OH is 1. The predicted molar refractivity (Wildman–Crippen MR) is 82.5 cm³/mol. The minimum Gasteiger partial charge on any atom is -0.506 e. The van der Waals surface area contributed by atoms with Gasteiger partial charge in [0, 0.05) is 6.61 Å². The molecule has 1 rings (SSSR count). The first kappa shape index (κ1) is 17.3. The van der Waals surface area contributed by atoms with Crippen LogP contribution < -0.4 is 5.32 Å². The Morgan fingerprint density at radius 3 is 2.38 bits per heavy atom. The number of hydrogen-bond donors (Lipinski definition) is 3. The number of hydrogen-bond acceptors (Lipinski definition) is 4. The van der Waals surface area contributed by atoms with Gasteiger partial charge in [-0.05, 0) is 50.3 Å². The van der Waals surface area contributed by atoms with Gasteiger partial charge in [0.2, 0.25) is 0 Å². The van der Waals surface area contributed by atoms with Crippen LogP contribution in [-0.4, -0.2) is 28.5 Å². The van der Waals surface area contributed by atoms with Gasteiger partial charge in [0.25, 0.3) is 0 Å². The lowest BCUT2D eigenvalue weighted by Gasteiger charge is -2.22. The van der Waals surface area contributed by atoms with E-state index in [1.807, 2.05) is 13.8 Å². The van der Waals surface area contributed by atoms with E-state index in [1.165, 1.54) is 6.07 Å². The molecule has 0 saturated carbocycles. The second kappa shape index (κ2) is 6.35. The Balaban J connectivity index is 2.86. The number of carbonyl (C=O) groups excluding carboxylic acids is 1. The molecule has 0 aliphatic heterocycles. The second-order valence-electron chi connectivity index (χ2n) is 6.98. The summed E-state index contributed by atoms with van der Waals surface area (Å²) in [5.41, 5.74) is 0.351. The molecule has 1 aromatic rings. The Morgan fingerprint density at radius 1 is 1.24 bits per heavy atom. The summed E-state index contributed by atoms with van der Waals surface area (Å²) in [6, 6.07) is 4.99. The summed E-state index contributed by atoms with van der Waals surface area (Å²) in [7, 11) is 0.